The molecule has 132 valence electrons. The topological polar surface area (TPSA) is 80.3 Å². The molecule has 7 heteroatoms. The van der Waals surface area contributed by atoms with Gasteiger partial charge in [-0.25, -0.2) is 4.98 Å². The van der Waals surface area contributed by atoms with Crippen molar-refractivity contribution in [3.05, 3.63) is 40.4 Å². The number of nitrogens with zero attached hydrogens (tertiary/aromatic N) is 1. The van der Waals surface area contributed by atoms with E-state index in [0.29, 0.717) is 27.4 Å². The zero-order chi connectivity index (χ0) is 18.0. The fourth-order valence-electron chi connectivity index (χ4n) is 2.20. The Morgan fingerprint density at radius 1 is 1.28 bits per heavy atom. The van der Waals surface area contributed by atoms with Crippen molar-refractivity contribution in [1.29, 1.82) is 0 Å². The van der Waals surface area contributed by atoms with E-state index in [4.69, 9.17) is 4.74 Å². The first kappa shape index (κ1) is 17.4. The quantitative estimate of drug-likeness (QED) is 0.828. The van der Waals surface area contributed by atoms with Crippen LogP contribution >= 0.6 is 11.3 Å². The Kier molecular flexibility index (Phi) is 5.03. The molecule has 0 unspecified atom stereocenters. The average Bonchev–Trinajstić information content (AvgIpc) is 3.24. The van der Waals surface area contributed by atoms with Gasteiger partial charge in [-0.1, -0.05) is 17.4 Å². The van der Waals surface area contributed by atoms with E-state index in [1.165, 1.54) is 17.5 Å². The SMILES string of the molecule is Cc1ccc(C(=O)NC2CC2)cc1NC(=O)c1cnc(OC(C)C)s1. The van der Waals surface area contributed by atoms with Crippen LogP contribution in [0.1, 0.15) is 52.3 Å². The number of rotatable bonds is 6. The Hall–Kier alpha value is -2.41. The number of anilines is 1. The molecule has 0 saturated heterocycles. The van der Waals surface area contributed by atoms with Crippen molar-refractivity contribution in [1.82, 2.24) is 10.3 Å². The maximum absolute atomic E-state index is 12.4. The number of aryl methyl sites for hydroxylation is 1. The smallest absolute Gasteiger partial charge is 0.274 e. The molecule has 0 spiro atoms. The van der Waals surface area contributed by atoms with Gasteiger partial charge in [-0.05, 0) is 51.3 Å². The van der Waals surface area contributed by atoms with Crippen LogP contribution in [0.3, 0.4) is 0 Å². The molecule has 0 aliphatic heterocycles. The van der Waals surface area contributed by atoms with Gasteiger partial charge in [0.25, 0.3) is 17.0 Å². The zero-order valence-corrected chi connectivity index (χ0v) is 15.3. The summed E-state index contributed by atoms with van der Waals surface area (Å²) in [5.41, 5.74) is 2.05. The average molecular weight is 359 g/mol. The number of hydrogen-bond donors (Lipinski definition) is 2. The first-order valence-electron chi connectivity index (χ1n) is 8.27. The summed E-state index contributed by atoms with van der Waals surface area (Å²) in [5.74, 6) is -0.373. The number of carbonyl (C=O) groups excluding carboxylic acids is 2. The zero-order valence-electron chi connectivity index (χ0n) is 14.5. The summed E-state index contributed by atoms with van der Waals surface area (Å²) in [6, 6.07) is 5.60. The number of amides is 2. The molecule has 1 fully saturated rings. The lowest BCUT2D eigenvalue weighted by Gasteiger charge is -2.10. The van der Waals surface area contributed by atoms with E-state index in [1.54, 1.807) is 12.1 Å². The number of hydrogen-bond acceptors (Lipinski definition) is 5. The molecule has 2 amide bonds. The van der Waals surface area contributed by atoms with Gasteiger partial charge >= 0.3 is 0 Å². The van der Waals surface area contributed by atoms with Gasteiger partial charge in [0, 0.05) is 17.3 Å². The molecule has 0 radical (unpaired) electrons. The molecular formula is C18H21N3O3S. The monoisotopic (exact) mass is 359 g/mol. The molecule has 1 aliphatic carbocycles. The molecule has 1 aliphatic rings. The van der Waals surface area contributed by atoms with E-state index in [1.807, 2.05) is 26.8 Å². The Balaban J connectivity index is 1.71. The number of benzene rings is 1. The predicted molar refractivity (Wildman–Crippen MR) is 97.5 cm³/mol. The highest BCUT2D eigenvalue weighted by molar-refractivity contribution is 7.15. The van der Waals surface area contributed by atoms with Gasteiger partial charge in [0.1, 0.15) is 4.88 Å². The third-order valence-corrected chi connectivity index (χ3v) is 4.59. The molecule has 2 aromatic rings. The van der Waals surface area contributed by atoms with Gasteiger partial charge in [-0.3, -0.25) is 9.59 Å². The van der Waals surface area contributed by atoms with Crippen molar-refractivity contribution in [3.8, 4) is 5.19 Å². The second kappa shape index (κ2) is 7.23. The predicted octanol–water partition coefficient (Wildman–Crippen LogP) is 3.38. The number of carbonyl (C=O) groups is 2. The van der Waals surface area contributed by atoms with Gasteiger partial charge in [0.2, 0.25) is 0 Å². The van der Waals surface area contributed by atoms with Crippen molar-refractivity contribution in [2.24, 2.45) is 0 Å². The molecule has 0 bridgehead atoms. The minimum absolute atomic E-state index is 0.00553. The lowest BCUT2D eigenvalue weighted by atomic mass is 10.1. The molecule has 1 saturated carbocycles. The van der Waals surface area contributed by atoms with Crippen LogP contribution in [0.25, 0.3) is 0 Å². The van der Waals surface area contributed by atoms with Gasteiger partial charge in [-0.2, -0.15) is 0 Å². The van der Waals surface area contributed by atoms with Crippen LogP contribution in [0.5, 0.6) is 5.19 Å². The summed E-state index contributed by atoms with van der Waals surface area (Å²) in [7, 11) is 0. The maximum Gasteiger partial charge on any atom is 0.274 e. The van der Waals surface area contributed by atoms with Crippen molar-refractivity contribution < 1.29 is 14.3 Å². The van der Waals surface area contributed by atoms with E-state index >= 15 is 0 Å². The van der Waals surface area contributed by atoms with E-state index in [-0.39, 0.29) is 17.9 Å². The Bertz CT molecular complexity index is 797. The molecule has 3 rings (SSSR count). The number of ether oxygens (including phenoxy) is 1. The molecule has 1 heterocycles. The highest BCUT2D eigenvalue weighted by Gasteiger charge is 2.24. The van der Waals surface area contributed by atoms with Crippen LogP contribution in [-0.4, -0.2) is 28.9 Å². The first-order chi connectivity index (χ1) is 11.9. The van der Waals surface area contributed by atoms with Crippen molar-refractivity contribution >= 4 is 28.8 Å². The van der Waals surface area contributed by atoms with E-state index < -0.39 is 0 Å². The lowest BCUT2D eigenvalue weighted by molar-refractivity contribution is 0.0949. The fraction of sp³-hybridized carbons (Fsp3) is 0.389. The Morgan fingerprint density at radius 3 is 2.72 bits per heavy atom. The highest BCUT2D eigenvalue weighted by Crippen LogP contribution is 2.25. The van der Waals surface area contributed by atoms with Crippen molar-refractivity contribution in [3.63, 3.8) is 0 Å². The molecule has 25 heavy (non-hydrogen) atoms. The van der Waals surface area contributed by atoms with Crippen LogP contribution in [-0.2, 0) is 0 Å². The van der Waals surface area contributed by atoms with Gasteiger partial charge < -0.3 is 15.4 Å². The van der Waals surface area contributed by atoms with Gasteiger partial charge in [-0.15, -0.1) is 0 Å². The lowest BCUT2D eigenvalue weighted by Crippen LogP contribution is -2.25. The van der Waals surface area contributed by atoms with Gasteiger partial charge in [0.15, 0.2) is 0 Å². The molecule has 2 N–H and O–H groups in total. The normalized spacial score (nSPS) is 13.6. The summed E-state index contributed by atoms with van der Waals surface area (Å²) < 4.78 is 5.49. The molecule has 1 aromatic carbocycles. The summed E-state index contributed by atoms with van der Waals surface area (Å²) in [5, 5.41) is 6.27. The van der Waals surface area contributed by atoms with E-state index in [0.717, 1.165) is 18.4 Å². The van der Waals surface area contributed by atoms with Crippen LogP contribution < -0.4 is 15.4 Å². The second-order valence-corrected chi connectivity index (χ2v) is 7.38. The van der Waals surface area contributed by atoms with Crippen LogP contribution in [0.2, 0.25) is 0 Å². The summed E-state index contributed by atoms with van der Waals surface area (Å²) in [6.07, 6.45) is 3.57. The van der Waals surface area contributed by atoms with Crippen molar-refractivity contribution in [2.45, 2.75) is 45.8 Å². The summed E-state index contributed by atoms with van der Waals surface area (Å²) in [4.78, 5) is 29.2. The summed E-state index contributed by atoms with van der Waals surface area (Å²) >= 11 is 1.20. The number of nitrogens with one attached hydrogen (secondary N) is 2. The third kappa shape index (κ3) is 4.57. The highest BCUT2D eigenvalue weighted by atomic mass is 32.1. The minimum atomic E-state index is -0.265. The Morgan fingerprint density at radius 2 is 2.04 bits per heavy atom. The number of thiazole rings is 1. The standard InChI is InChI=1S/C18H21N3O3S/c1-10(2)24-18-19-9-15(25-18)17(23)21-14-8-12(5-4-11(14)3)16(22)20-13-6-7-13/h4-5,8-10,13H,6-7H2,1-3H3,(H,20,22)(H,21,23). The maximum atomic E-state index is 12.4. The third-order valence-electron chi connectivity index (χ3n) is 3.71. The minimum Gasteiger partial charge on any atom is -0.467 e. The van der Waals surface area contributed by atoms with E-state index in [9.17, 15) is 9.59 Å². The van der Waals surface area contributed by atoms with Crippen LogP contribution in [0, 0.1) is 6.92 Å². The van der Waals surface area contributed by atoms with E-state index in [2.05, 4.69) is 15.6 Å². The first-order valence-corrected chi connectivity index (χ1v) is 9.09. The fourth-order valence-corrected chi connectivity index (χ4v) is 2.98. The summed E-state index contributed by atoms with van der Waals surface area (Å²) in [6.45, 7) is 5.70. The second-order valence-electron chi connectivity index (χ2n) is 6.39. The molecule has 1 aromatic heterocycles. The van der Waals surface area contributed by atoms with Crippen LogP contribution in [0.15, 0.2) is 24.4 Å². The van der Waals surface area contributed by atoms with Crippen molar-refractivity contribution in [2.75, 3.05) is 5.32 Å². The Labute approximate surface area is 150 Å². The molecular weight excluding hydrogens is 338 g/mol. The molecule has 6 nitrogen and oxygen atoms in total. The van der Waals surface area contributed by atoms with Crippen LogP contribution in [0.4, 0.5) is 5.69 Å². The largest absolute Gasteiger partial charge is 0.467 e. The number of aromatic nitrogens is 1. The van der Waals surface area contributed by atoms with Gasteiger partial charge in [0.05, 0.1) is 12.3 Å². The molecule has 0 atom stereocenters.